The van der Waals surface area contributed by atoms with Crippen molar-refractivity contribution in [3.63, 3.8) is 0 Å². The quantitative estimate of drug-likeness (QED) is 0.857. The van der Waals surface area contributed by atoms with Crippen LogP contribution in [0.25, 0.3) is 5.69 Å². The van der Waals surface area contributed by atoms with Crippen molar-refractivity contribution in [2.45, 2.75) is 33.6 Å². The summed E-state index contributed by atoms with van der Waals surface area (Å²) in [5, 5.41) is 8.21. The highest BCUT2D eigenvalue weighted by molar-refractivity contribution is 7.11. The van der Waals surface area contributed by atoms with Gasteiger partial charge in [0.1, 0.15) is 0 Å². The number of aromatic nitrogens is 1. The van der Waals surface area contributed by atoms with Crippen LogP contribution in [0.3, 0.4) is 0 Å². The van der Waals surface area contributed by atoms with Gasteiger partial charge in [0.05, 0.1) is 4.88 Å². The highest BCUT2D eigenvalue weighted by Crippen LogP contribution is 2.36. The van der Waals surface area contributed by atoms with Crippen LogP contribution in [0, 0.1) is 17.7 Å². The smallest absolute Gasteiger partial charge is 0.187 e. The second kappa shape index (κ2) is 4.42. The van der Waals surface area contributed by atoms with Gasteiger partial charge in [0.25, 0.3) is 0 Å². The summed E-state index contributed by atoms with van der Waals surface area (Å²) >= 11 is 1.31. The first-order chi connectivity index (χ1) is 9.40. The second-order valence-electron chi connectivity index (χ2n) is 6.07. The molecule has 3 rings (SSSR count). The van der Waals surface area contributed by atoms with Gasteiger partial charge in [-0.3, -0.25) is 14.8 Å². The standard InChI is InChI=1S/C16H18N2OS/c1-10-4-6-11(7-5-10)18-12-8-9-16(2,3)14(19)13(12)20-15(18)17/h4-7,17H,8-9H2,1-3H3. The van der Waals surface area contributed by atoms with Gasteiger partial charge in [-0.05, 0) is 31.9 Å². The minimum Gasteiger partial charge on any atom is -0.293 e. The van der Waals surface area contributed by atoms with Gasteiger partial charge in [-0.1, -0.05) is 42.9 Å². The van der Waals surface area contributed by atoms with Gasteiger partial charge < -0.3 is 0 Å². The Balaban J connectivity index is 2.19. The van der Waals surface area contributed by atoms with Crippen LogP contribution in [-0.4, -0.2) is 10.4 Å². The summed E-state index contributed by atoms with van der Waals surface area (Å²) in [5.74, 6) is 0.183. The van der Waals surface area contributed by atoms with E-state index in [1.807, 2.05) is 49.6 Å². The Kier molecular flexibility index (Phi) is 2.94. The van der Waals surface area contributed by atoms with E-state index < -0.39 is 0 Å². The summed E-state index contributed by atoms with van der Waals surface area (Å²) in [5.41, 5.74) is 2.89. The van der Waals surface area contributed by atoms with Gasteiger partial charge in [0, 0.05) is 16.8 Å². The first-order valence-corrected chi connectivity index (χ1v) is 7.63. The zero-order valence-electron chi connectivity index (χ0n) is 12.0. The average Bonchev–Trinajstić information content (AvgIpc) is 2.73. The summed E-state index contributed by atoms with van der Waals surface area (Å²) in [7, 11) is 0. The summed E-state index contributed by atoms with van der Waals surface area (Å²) < 4.78 is 1.92. The molecule has 2 aromatic rings. The molecular formula is C16H18N2OS. The third kappa shape index (κ3) is 1.95. The van der Waals surface area contributed by atoms with Crippen molar-refractivity contribution in [1.29, 1.82) is 5.41 Å². The van der Waals surface area contributed by atoms with Crippen LogP contribution >= 0.6 is 11.3 Å². The predicted molar refractivity (Wildman–Crippen MR) is 80.7 cm³/mol. The minimum absolute atomic E-state index is 0.183. The van der Waals surface area contributed by atoms with E-state index >= 15 is 0 Å². The number of hydrogen-bond donors (Lipinski definition) is 1. The molecule has 0 bridgehead atoms. The number of Topliss-reactive ketones (excluding diaryl/α,β-unsaturated/α-hetero) is 1. The normalized spacial score (nSPS) is 17.1. The molecule has 1 N–H and O–H groups in total. The molecule has 20 heavy (non-hydrogen) atoms. The summed E-state index contributed by atoms with van der Waals surface area (Å²) in [6, 6.07) is 8.12. The Morgan fingerprint density at radius 2 is 1.90 bits per heavy atom. The number of carbonyl (C=O) groups is 1. The van der Waals surface area contributed by atoms with Gasteiger partial charge in [0.2, 0.25) is 0 Å². The SMILES string of the molecule is Cc1ccc(-n2c3c(sc2=N)C(=O)C(C)(C)CC3)cc1. The first-order valence-electron chi connectivity index (χ1n) is 6.81. The van der Waals surface area contributed by atoms with Crippen molar-refractivity contribution in [2.75, 3.05) is 0 Å². The highest BCUT2D eigenvalue weighted by atomic mass is 32.1. The molecule has 1 aliphatic rings. The molecular weight excluding hydrogens is 268 g/mol. The topological polar surface area (TPSA) is 45.9 Å². The van der Waals surface area contributed by atoms with Gasteiger partial charge in [0.15, 0.2) is 10.6 Å². The van der Waals surface area contributed by atoms with Crippen LogP contribution in [0.5, 0.6) is 0 Å². The second-order valence-corrected chi connectivity index (χ2v) is 7.07. The van der Waals surface area contributed by atoms with Gasteiger partial charge in [-0.15, -0.1) is 0 Å². The Bertz CT molecular complexity index is 735. The number of carbonyl (C=O) groups excluding carboxylic acids is 1. The number of benzene rings is 1. The third-order valence-electron chi connectivity index (χ3n) is 4.03. The van der Waals surface area contributed by atoms with Crippen molar-refractivity contribution in [2.24, 2.45) is 5.41 Å². The van der Waals surface area contributed by atoms with Crippen LogP contribution in [0.2, 0.25) is 0 Å². The number of rotatable bonds is 1. The predicted octanol–water partition coefficient (Wildman–Crippen LogP) is 3.48. The van der Waals surface area contributed by atoms with Crippen LogP contribution < -0.4 is 4.80 Å². The Labute approximate surface area is 122 Å². The zero-order chi connectivity index (χ0) is 14.5. The molecule has 1 aliphatic carbocycles. The van der Waals surface area contributed by atoms with Crippen LogP contribution in [0.4, 0.5) is 0 Å². The molecule has 3 nitrogen and oxygen atoms in total. The highest BCUT2D eigenvalue weighted by Gasteiger charge is 2.37. The Morgan fingerprint density at radius 1 is 1.25 bits per heavy atom. The number of fused-ring (bicyclic) bond motifs is 1. The van der Waals surface area contributed by atoms with Gasteiger partial charge in [-0.2, -0.15) is 0 Å². The molecule has 0 amide bonds. The lowest BCUT2D eigenvalue weighted by Crippen LogP contribution is -2.30. The fourth-order valence-electron chi connectivity index (χ4n) is 2.65. The van der Waals surface area contributed by atoms with E-state index in [0.29, 0.717) is 4.80 Å². The maximum atomic E-state index is 12.5. The number of hydrogen-bond acceptors (Lipinski definition) is 3. The zero-order valence-corrected chi connectivity index (χ0v) is 12.8. The van der Waals surface area contributed by atoms with Crippen LogP contribution in [0.1, 0.15) is 41.2 Å². The van der Waals surface area contributed by atoms with Crippen LogP contribution in [-0.2, 0) is 6.42 Å². The molecule has 1 heterocycles. The van der Waals surface area contributed by atoms with Crippen molar-refractivity contribution >= 4 is 17.1 Å². The summed E-state index contributed by atoms with van der Waals surface area (Å²) in [6.45, 7) is 6.04. The minimum atomic E-state index is -0.296. The molecule has 0 unspecified atom stereocenters. The average molecular weight is 286 g/mol. The molecule has 0 radical (unpaired) electrons. The third-order valence-corrected chi connectivity index (χ3v) is 5.03. The monoisotopic (exact) mass is 286 g/mol. The van der Waals surface area contributed by atoms with Crippen molar-refractivity contribution < 1.29 is 4.79 Å². The van der Waals surface area contributed by atoms with E-state index in [9.17, 15) is 4.79 Å². The van der Waals surface area contributed by atoms with E-state index in [-0.39, 0.29) is 11.2 Å². The molecule has 4 heteroatoms. The van der Waals surface area contributed by atoms with E-state index in [0.717, 1.165) is 29.1 Å². The number of aryl methyl sites for hydroxylation is 1. The van der Waals surface area contributed by atoms with Crippen LogP contribution in [0.15, 0.2) is 24.3 Å². The van der Waals surface area contributed by atoms with E-state index in [1.165, 1.54) is 16.9 Å². The molecule has 104 valence electrons. The molecule has 1 aromatic carbocycles. The fraction of sp³-hybridized carbons (Fsp3) is 0.375. The number of nitrogens with one attached hydrogen (secondary N) is 1. The maximum Gasteiger partial charge on any atom is 0.187 e. The van der Waals surface area contributed by atoms with E-state index in [1.54, 1.807) is 0 Å². The molecule has 0 saturated carbocycles. The van der Waals surface area contributed by atoms with Crippen molar-refractivity contribution in [1.82, 2.24) is 4.57 Å². The Hall–Kier alpha value is -1.68. The van der Waals surface area contributed by atoms with Gasteiger partial charge >= 0.3 is 0 Å². The van der Waals surface area contributed by atoms with Crippen molar-refractivity contribution in [3.05, 3.63) is 45.2 Å². The Morgan fingerprint density at radius 3 is 2.55 bits per heavy atom. The lowest BCUT2D eigenvalue weighted by atomic mass is 9.77. The molecule has 0 atom stereocenters. The summed E-state index contributed by atoms with van der Waals surface area (Å²) in [4.78, 5) is 13.7. The molecule has 0 spiro atoms. The van der Waals surface area contributed by atoms with Crippen molar-refractivity contribution in [3.8, 4) is 5.69 Å². The number of nitrogens with zero attached hydrogens (tertiary/aromatic N) is 1. The molecule has 0 aliphatic heterocycles. The fourth-order valence-corrected chi connectivity index (χ4v) is 3.83. The molecule has 0 saturated heterocycles. The first kappa shape index (κ1) is 13.3. The maximum absolute atomic E-state index is 12.5. The lowest BCUT2D eigenvalue weighted by molar-refractivity contribution is 0.0814. The van der Waals surface area contributed by atoms with E-state index in [2.05, 4.69) is 0 Å². The molecule has 1 aromatic heterocycles. The molecule has 0 fully saturated rings. The van der Waals surface area contributed by atoms with Gasteiger partial charge in [-0.25, -0.2) is 0 Å². The number of thiazole rings is 1. The summed E-state index contributed by atoms with van der Waals surface area (Å²) in [6.07, 6.45) is 1.71. The number of ketones is 1. The largest absolute Gasteiger partial charge is 0.293 e. The van der Waals surface area contributed by atoms with E-state index in [4.69, 9.17) is 5.41 Å². The lowest BCUT2D eigenvalue weighted by Gasteiger charge is -2.27.